The second-order valence-electron chi connectivity index (χ2n) is 5.18. The predicted octanol–water partition coefficient (Wildman–Crippen LogP) is 1.48. The van der Waals surface area contributed by atoms with Crippen LogP contribution in [0.4, 0.5) is 4.79 Å². The lowest BCUT2D eigenvalue weighted by Gasteiger charge is -2.22. The van der Waals surface area contributed by atoms with Crippen LogP contribution in [0.15, 0.2) is 0 Å². The molecule has 1 amide bonds. The maximum Gasteiger partial charge on any atom is 0.408 e. The van der Waals surface area contributed by atoms with Gasteiger partial charge in [-0.2, -0.15) is 0 Å². The number of carbonyl (C=O) groups is 2. The Morgan fingerprint density at radius 2 is 1.89 bits per heavy atom. The molecule has 0 heterocycles. The minimum Gasteiger partial charge on any atom is -0.480 e. The maximum atomic E-state index is 11.4. The number of nitrogens with one attached hydrogen (secondary N) is 1. The molecule has 0 radical (unpaired) electrons. The van der Waals surface area contributed by atoms with Gasteiger partial charge >= 0.3 is 12.1 Å². The van der Waals surface area contributed by atoms with Crippen molar-refractivity contribution in [2.45, 2.75) is 58.1 Å². The van der Waals surface area contributed by atoms with E-state index in [1.54, 1.807) is 20.8 Å². The lowest BCUT2D eigenvalue weighted by Crippen LogP contribution is -2.43. The molecule has 6 nitrogen and oxygen atoms in total. The lowest BCUT2D eigenvalue weighted by molar-refractivity contribution is -0.139. The first-order valence-electron chi connectivity index (χ1n) is 6.18. The predicted molar refractivity (Wildman–Crippen MR) is 68.3 cm³/mol. The van der Waals surface area contributed by atoms with Crippen LogP contribution in [0.2, 0.25) is 0 Å². The largest absolute Gasteiger partial charge is 0.480 e. The van der Waals surface area contributed by atoms with Crippen molar-refractivity contribution in [1.82, 2.24) is 5.32 Å². The summed E-state index contributed by atoms with van der Waals surface area (Å²) in [6.45, 7) is 5.77. The van der Waals surface area contributed by atoms with E-state index in [9.17, 15) is 9.59 Å². The van der Waals surface area contributed by atoms with Crippen molar-refractivity contribution in [3.05, 3.63) is 0 Å². The zero-order valence-electron chi connectivity index (χ0n) is 11.4. The summed E-state index contributed by atoms with van der Waals surface area (Å²) in [5, 5.41) is 11.3. The minimum atomic E-state index is -1.05. The number of carboxylic acid groups (broad SMARTS) is 1. The van der Waals surface area contributed by atoms with E-state index in [-0.39, 0.29) is 0 Å². The van der Waals surface area contributed by atoms with Crippen molar-refractivity contribution in [2.75, 3.05) is 6.54 Å². The molecule has 0 aromatic carbocycles. The van der Waals surface area contributed by atoms with Gasteiger partial charge in [-0.15, -0.1) is 0 Å². The standard InChI is InChI=1S/C12H24N2O4/c1-12(2,3)18-11(17)14-9(10(15)16)7-5-4-6-8-13/h9H,4-8,13H2,1-3H3,(H,14,17)(H,15,16)/t9-/m0/s1. The normalized spacial score (nSPS) is 12.9. The molecule has 0 aliphatic heterocycles. The summed E-state index contributed by atoms with van der Waals surface area (Å²) >= 11 is 0. The van der Waals surface area contributed by atoms with Crippen LogP contribution in [0.25, 0.3) is 0 Å². The van der Waals surface area contributed by atoms with E-state index < -0.39 is 23.7 Å². The van der Waals surface area contributed by atoms with Crippen LogP contribution in [-0.4, -0.2) is 35.4 Å². The summed E-state index contributed by atoms with van der Waals surface area (Å²) in [6, 6.07) is -0.905. The number of rotatable bonds is 7. The smallest absolute Gasteiger partial charge is 0.408 e. The van der Waals surface area contributed by atoms with Crippen molar-refractivity contribution in [3.8, 4) is 0 Å². The molecular weight excluding hydrogens is 236 g/mol. The van der Waals surface area contributed by atoms with Gasteiger partial charge in [-0.1, -0.05) is 12.8 Å². The lowest BCUT2D eigenvalue weighted by atomic mass is 10.1. The topological polar surface area (TPSA) is 102 Å². The van der Waals surface area contributed by atoms with Crippen molar-refractivity contribution < 1.29 is 19.4 Å². The molecule has 106 valence electrons. The van der Waals surface area contributed by atoms with E-state index in [2.05, 4.69) is 5.32 Å². The van der Waals surface area contributed by atoms with Gasteiger partial charge in [0.2, 0.25) is 0 Å². The monoisotopic (exact) mass is 260 g/mol. The number of amides is 1. The summed E-state index contributed by atoms with van der Waals surface area (Å²) < 4.78 is 5.01. The van der Waals surface area contributed by atoms with E-state index in [0.717, 1.165) is 12.8 Å². The summed E-state index contributed by atoms with van der Waals surface area (Å²) in [7, 11) is 0. The van der Waals surface area contributed by atoms with Gasteiger partial charge in [0.05, 0.1) is 0 Å². The molecule has 0 saturated heterocycles. The Bertz CT molecular complexity index is 274. The third-order valence-corrected chi connectivity index (χ3v) is 2.19. The average molecular weight is 260 g/mol. The SMILES string of the molecule is CC(C)(C)OC(=O)N[C@@H](CCCCCN)C(=O)O. The highest BCUT2D eigenvalue weighted by Gasteiger charge is 2.23. The number of alkyl carbamates (subject to hydrolysis) is 1. The summed E-state index contributed by atoms with van der Waals surface area (Å²) in [5.74, 6) is -1.05. The number of hydrogen-bond donors (Lipinski definition) is 3. The fraction of sp³-hybridized carbons (Fsp3) is 0.833. The molecule has 0 fully saturated rings. The molecule has 18 heavy (non-hydrogen) atoms. The molecule has 0 aromatic rings. The van der Waals surface area contributed by atoms with Crippen molar-refractivity contribution in [2.24, 2.45) is 5.73 Å². The number of aliphatic carboxylic acids is 1. The Morgan fingerprint density at radius 3 is 2.33 bits per heavy atom. The molecule has 0 aliphatic carbocycles. The van der Waals surface area contributed by atoms with Gasteiger partial charge in [-0.3, -0.25) is 0 Å². The first-order chi connectivity index (χ1) is 8.26. The Labute approximate surface area is 108 Å². The third-order valence-electron chi connectivity index (χ3n) is 2.19. The highest BCUT2D eigenvalue weighted by Crippen LogP contribution is 2.08. The van der Waals surface area contributed by atoms with Gasteiger partial charge < -0.3 is 20.9 Å². The van der Waals surface area contributed by atoms with Crippen LogP contribution in [-0.2, 0) is 9.53 Å². The highest BCUT2D eigenvalue weighted by molar-refractivity contribution is 5.79. The van der Waals surface area contributed by atoms with Crippen LogP contribution >= 0.6 is 0 Å². The minimum absolute atomic E-state index is 0.384. The fourth-order valence-electron chi connectivity index (χ4n) is 1.38. The number of hydrogen-bond acceptors (Lipinski definition) is 4. The quantitative estimate of drug-likeness (QED) is 0.602. The van der Waals surface area contributed by atoms with Gasteiger partial charge in [0.15, 0.2) is 0 Å². The number of carbonyl (C=O) groups excluding carboxylic acids is 1. The van der Waals surface area contributed by atoms with E-state index in [0.29, 0.717) is 19.4 Å². The highest BCUT2D eigenvalue weighted by atomic mass is 16.6. The van der Waals surface area contributed by atoms with E-state index in [1.807, 2.05) is 0 Å². The molecule has 6 heteroatoms. The molecule has 0 rings (SSSR count). The van der Waals surface area contributed by atoms with Gasteiger partial charge in [-0.25, -0.2) is 9.59 Å². The first-order valence-corrected chi connectivity index (χ1v) is 6.18. The summed E-state index contributed by atoms with van der Waals surface area (Å²) in [5.41, 5.74) is 4.72. The zero-order valence-corrected chi connectivity index (χ0v) is 11.4. The van der Waals surface area contributed by atoms with Gasteiger partial charge in [0, 0.05) is 0 Å². The van der Waals surface area contributed by atoms with E-state index in [4.69, 9.17) is 15.6 Å². The van der Waals surface area contributed by atoms with Crippen LogP contribution in [0.5, 0.6) is 0 Å². The fourth-order valence-corrected chi connectivity index (χ4v) is 1.38. The second kappa shape index (κ2) is 7.92. The van der Waals surface area contributed by atoms with Crippen LogP contribution in [0.1, 0.15) is 46.5 Å². The van der Waals surface area contributed by atoms with Crippen LogP contribution < -0.4 is 11.1 Å². The van der Waals surface area contributed by atoms with Gasteiger partial charge in [0.1, 0.15) is 11.6 Å². The van der Waals surface area contributed by atoms with Crippen molar-refractivity contribution in [1.29, 1.82) is 0 Å². The van der Waals surface area contributed by atoms with E-state index in [1.165, 1.54) is 0 Å². The van der Waals surface area contributed by atoms with Gasteiger partial charge in [-0.05, 0) is 40.2 Å². The molecule has 0 unspecified atom stereocenters. The van der Waals surface area contributed by atoms with Crippen LogP contribution in [0, 0.1) is 0 Å². The Hall–Kier alpha value is -1.30. The number of unbranched alkanes of at least 4 members (excludes halogenated alkanes) is 2. The number of carboxylic acids is 1. The Morgan fingerprint density at radius 1 is 1.28 bits per heavy atom. The summed E-state index contributed by atoms with van der Waals surface area (Å²) in [4.78, 5) is 22.4. The molecule has 0 aliphatic rings. The zero-order chi connectivity index (χ0) is 14.2. The molecular formula is C12H24N2O4. The molecule has 0 spiro atoms. The average Bonchev–Trinajstić information content (AvgIpc) is 2.19. The second-order valence-corrected chi connectivity index (χ2v) is 5.18. The Balaban J connectivity index is 4.11. The van der Waals surface area contributed by atoms with E-state index >= 15 is 0 Å². The molecule has 4 N–H and O–H groups in total. The first kappa shape index (κ1) is 16.7. The number of ether oxygens (including phenoxy) is 1. The number of nitrogens with two attached hydrogens (primary N) is 1. The molecule has 0 aromatic heterocycles. The van der Waals surface area contributed by atoms with Crippen molar-refractivity contribution in [3.63, 3.8) is 0 Å². The summed E-state index contributed by atoms with van der Waals surface area (Å²) in [6.07, 6.45) is 2.11. The van der Waals surface area contributed by atoms with Crippen molar-refractivity contribution >= 4 is 12.1 Å². The molecule has 0 saturated carbocycles. The third kappa shape index (κ3) is 8.81. The molecule has 1 atom stereocenters. The molecule has 0 bridgehead atoms. The van der Waals surface area contributed by atoms with Gasteiger partial charge in [0.25, 0.3) is 0 Å². The van der Waals surface area contributed by atoms with Crippen LogP contribution in [0.3, 0.4) is 0 Å². The maximum absolute atomic E-state index is 11.4. The Kier molecular flexibility index (Phi) is 7.35.